The number of rotatable bonds is 4. The van der Waals surface area contributed by atoms with Crippen LogP contribution in [-0.4, -0.2) is 54.8 Å². The van der Waals surface area contributed by atoms with E-state index in [1.54, 1.807) is 7.05 Å². The van der Waals surface area contributed by atoms with Crippen molar-refractivity contribution in [1.29, 1.82) is 0 Å². The van der Waals surface area contributed by atoms with Crippen LogP contribution in [0.25, 0.3) is 0 Å². The molecule has 7 nitrogen and oxygen atoms in total. The maximum Gasteiger partial charge on any atom is 0.300 e. The van der Waals surface area contributed by atoms with Gasteiger partial charge in [0.2, 0.25) is 0 Å². The molecule has 0 saturated heterocycles. The van der Waals surface area contributed by atoms with Crippen LogP contribution in [0, 0.1) is 0 Å². The summed E-state index contributed by atoms with van der Waals surface area (Å²) in [4.78, 5) is 9.00. The number of nitrogens with one attached hydrogen (secondary N) is 1. The molecule has 0 aromatic heterocycles. The third kappa shape index (κ3) is 111. The Bertz CT molecular complexity index is 94.1. The zero-order chi connectivity index (χ0) is 11.8. The Hall–Kier alpha value is -0.730. The smallest absolute Gasteiger partial charge is 0.300 e. The number of hydrazine groups is 1. The lowest BCUT2D eigenvalue weighted by atomic mass is 10.7. The molecule has 0 rings (SSSR count). The zero-order valence-electron chi connectivity index (χ0n) is 8.56. The molecule has 14 heavy (non-hydrogen) atoms. The van der Waals surface area contributed by atoms with Crippen molar-refractivity contribution in [2.45, 2.75) is 6.92 Å². The van der Waals surface area contributed by atoms with Crippen molar-refractivity contribution in [3.63, 3.8) is 0 Å². The number of hydrogen-bond acceptors (Lipinski definition) is 6. The molecular weight excluding hydrogens is 192 g/mol. The number of aliphatic hydroxyl groups is 2. The number of carbonyl (C=O) groups is 1. The predicted molar refractivity (Wildman–Crippen MR) is 51.5 cm³/mol. The van der Waals surface area contributed by atoms with Gasteiger partial charge in [-0.15, -0.1) is 0 Å². The van der Waals surface area contributed by atoms with Crippen LogP contribution < -0.4 is 11.3 Å². The van der Waals surface area contributed by atoms with E-state index in [-0.39, 0.29) is 13.2 Å². The lowest BCUT2D eigenvalue weighted by molar-refractivity contribution is -0.134. The minimum Gasteiger partial charge on any atom is -0.481 e. The van der Waals surface area contributed by atoms with Crippen molar-refractivity contribution in [3.8, 4) is 0 Å². The summed E-state index contributed by atoms with van der Waals surface area (Å²) in [7, 11) is 1.65. The van der Waals surface area contributed by atoms with Crippen LogP contribution in [-0.2, 0) is 9.53 Å². The fraction of sp³-hybridized carbons (Fsp3) is 0.857. The fourth-order valence-corrected chi connectivity index (χ4v) is 0.231. The second kappa shape index (κ2) is 22.8. The van der Waals surface area contributed by atoms with Crippen molar-refractivity contribution in [1.82, 2.24) is 5.43 Å². The van der Waals surface area contributed by atoms with E-state index in [4.69, 9.17) is 20.1 Å². The predicted octanol–water partition coefficient (Wildman–Crippen LogP) is -1.84. The van der Waals surface area contributed by atoms with Crippen LogP contribution in [0.2, 0.25) is 0 Å². The van der Waals surface area contributed by atoms with Gasteiger partial charge in [-0.05, 0) is 7.05 Å². The highest BCUT2D eigenvalue weighted by Gasteiger charge is 1.79. The number of hydrogen-bond donors (Lipinski definition) is 5. The van der Waals surface area contributed by atoms with Crippen LogP contribution >= 0.6 is 0 Å². The molecule has 0 heterocycles. The van der Waals surface area contributed by atoms with Gasteiger partial charge in [-0.1, -0.05) is 0 Å². The van der Waals surface area contributed by atoms with Gasteiger partial charge in [-0.3, -0.25) is 16.1 Å². The maximum absolute atomic E-state index is 9.00. The van der Waals surface area contributed by atoms with Gasteiger partial charge in [0, 0.05) is 6.92 Å². The van der Waals surface area contributed by atoms with E-state index in [2.05, 4.69) is 16.0 Å². The highest BCUT2D eigenvalue weighted by atomic mass is 16.5. The Kier molecular flexibility index (Phi) is 30.8. The summed E-state index contributed by atoms with van der Waals surface area (Å²) in [5, 5.41) is 23.6. The van der Waals surface area contributed by atoms with Crippen molar-refractivity contribution >= 4 is 5.97 Å². The highest BCUT2D eigenvalue weighted by molar-refractivity contribution is 5.62. The molecule has 0 aromatic rings. The minimum atomic E-state index is -0.833. The van der Waals surface area contributed by atoms with Crippen LogP contribution in [0.5, 0.6) is 0 Å². The first kappa shape index (κ1) is 18.9. The summed E-state index contributed by atoms with van der Waals surface area (Å²) < 4.78 is 4.63. The Morgan fingerprint density at radius 2 is 1.57 bits per heavy atom. The van der Waals surface area contributed by atoms with E-state index in [0.29, 0.717) is 13.2 Å². The topological polar surface area (TPSA) is 125 Å². The third-order valence-corrected chi connectivity index (χ3v) is 0.471. The van der Waals surface area contributed by atoms with E-state index in [0.717, 1.165) is 6.92 Å². The van der Waals surface area contributed by atoms with Gasteiger partial charge in [-0.2, -0.15) is 0 Å². The summed E-state index contributed by atoms with van der Waals surface area (Å²) in [5.74, 6) is 3.76. The largest absolute Gasteiger partial charge is 0.481 e. The molecule has 0 aromatic carbocycles. The first-order valence-electron chi connectivity index (χ1n) is 3.93. The van der Waals surface area contributed by atoms with Gasteiger partial charge in [0.1, 0.15) is 0 Å². The number of nitrogens with two attached hydrogens (primary N) is 1. The van der Waals surface area contributed by atoms with E-state index in [9.17, 15) is 0 Å². The second-order valence-corrected chi connectivity index (χ2v) is 1.87. The van der Waals surface area contributed by atoms with Gasteiger partial charge < -0.3 is 20.1 Å². The van der Waals surface area contributed by atoms with Gasteiger partial charge in [0.15, 0.2) is 0 Å². The second-order valence-electron chi connectivity index (χ2n) is 1.87. The van der Waals surface area contributed by atoms with Crippen LogP contribution in [0.3, 0.4) is 0 Å². The van der Waals surface area contributed by atoms with Crippen molar-refractivity contribution in [3.05, 3.63) is 0 Å². The average Bonchev–Trinajstić information content (AvgIpc) is 2.06. The summed E-state index contributed by atoms with van der Waals surface area (Å²) in [6.07, 6.45) is 0. The van der Waals surface area contributed by atoms with Crippen LogP contribution in [0.15, 0.2) is 0 Å². The highest BCUT2D eigenvalue weighted by Crippen LogP contribution is 1.68. The molecule has 0 aliphatic heterocycles. The number of ether oxygens (including phenoxy) is 1. The SMILES string of the molecule is CC(=O)O.CNN.OCCOCCO. The molecule has 0 atom stereocenters. The number of carboxylic acid groups (broad SMARTS) is 1. The molecule has 0 fully saturated rings. The van der Waals surface area contributed by atoms with E-state index in [1.807, 2.05) is 0 Å². The fourth-order valence-electron chi connectivity index (χ4n) is 0.231. The Labute approximate surface area is 83.5 Å². The molecule has 6 N–H and O–H groups in total. The van der Waals surface area contributed by atoms with Gasteiger partial charge in [0.05, 0.1) is 26.4 Å². The Balaban J connectivity index is -0.000000147. The molecule has 0 radical (unpaired) electrons. The lowest BCUT2D eigenvalue weighted by Crippen LogP contribution is -2.13. The Morgan fingerprint density at radius 3 is 1.71 bits per heavy atom. The molecule has 7 heteroatoms. The van der Waals surface area contributed by atoms with Gasteiger partial charge in [-0.25, -0.2) is 0 Å². The molecule has 0 saturated carbocycles. The normalized spacial score (nSPS) is 7.79. The van der Waals surface area contributed by atoms with Gasteiger partial charge in [0.25, 0.3) is 5.97 Å². The molecule has 0 spiro atoms. The molecule has 0 amide bonds. The summed E-state index contributed by atoms with van der Waals surface area (Å²) in [5.41, 5.74) is 2.25. The summed E-state index contributed by atoms with van der Waals surface area (Å²) in [6.45, 7) is 1.78. The first-order valence-corrected chi connectivity index (χ1v) is 3.93. The number of aliphatic carboxylic acids is 1. The maximum atomic E-state index is 9.00. The molecule has 0 unspecified atom stereocenters. The standard InChI is InChI=1S/C4H10O3.C2H4O2.CH6N2/c5-1-3-7-4-2-6;1-2(3)4;1-3-2/h5-6H,1-4H2;1H3,(H,3,4);3H,2H2,1H3. The quantitative estimate of drug-likeness (QED) is 0.210. The molecule has 0 aliphatic rings. The third-order valence-electron chi connectivity index (χ3n) is 0.471. The number of carboxylic acids is 1. The monoisotopic (exact) mass is 212 g/mol. The molecular formula is C7H20N2O5. The zero-order valence-corrected chi connectivity index (χ0v) is 8.56. The molecule has 88 valence electrons. The molecule has 0 aliphatic carbocycles. The van der Waals surface area contributed by atoms with Gasteiger partial charge >= 0.3 is 0 Å². The Morgan fingerprint density at radius 1 is 1.36 bits per heavy atom. The average molecular weight is 212 g/mol. The summed E-state index contributed by atoms with van der Waals surface area (Å²) in [6, 6.07) is 0. The van der Waals surface area contributed by atoms with E-state index in [1.165, 1.54) is 0 Å². The van der Waals surface area contributed by atoms with Crippen LogP contribution in [0.4, 0.5) is 0 Å². The number of aliphatic hydroxyl groups excluding tert-OH is 2. The van der Waals surface area contributed by atoms with E-state index < -0.39 is 5.97 Å². The van der Waals surface area contributed by atoms with Crippen molar-refractivity contribution < 1.29 is 24.9 Å². The molecule has 0 bridgehead atoms. The van der Waals surface area contributed by atoms with Crippen molar-refractivity contribution in [2.24, 2.45) is 5.84 Å². The lowest BCUT2D eigenvalue weighted by Gasteiger charge is -1.94. The van der Waals surface area contributed by atoms with E-state index >= 15 is 0 Å². The summed E-state index contributed by atoms with van der Waals surface area (Å²) >= 11 is 0. The van der Waals surface area contributed by atoms with Crippen LogP contribution in [0.1, 0.15) is 6.92 Å². The van der Waals surface area contributed by atoms with Crippen molar-refractivity contribution in [2.75, 3.05) is 33.5 Å². The first-order chi connectivity index (χ1) is 6.56. The minimum absolute atomic E-state index is 0.0278.